The zero-order valence-electron chi connectivity index (χ0n) is 14.3. The fourth-order valence-corrected chi connectivity index (χ4v) is 3.46. The van der Waals surface area contributed by atoms with Crippen molar-refractivity contribution in [3.8, 4) is 0 Å². The summed E-state index contributed by atoms with van der Waals surface area (Å²) in [6.45, 7) is 5.01. The number of hydrogen-bond acceptors (Lipinski definition) is 4. The van der Waals surface area contributed by atoms with Gasteiger partial charge in [0.25, 0.3) is 5.91 Å². The van der Waals surface area contributed by atoms with E-state index < -0.39 is 12.2 Å². The summed E-state index contributed by atoms with van der Waals surface area (Å²) in [6.07, 6.45) is 6.86. The van der Waals surface area contributed by atoms with E-state index in [1.54, 1.807) is 4.90 Å². The van der Waals surface area contributed by atoms with Gasteiger partial charge >= 0.3 is 6.09 Å². The average molecular weight is 326 g/mol. The number of amides is 2. The van der Waals surface area contributed by atoms with E-state index in [0.29, 0.717) is 19.2 Å². The van der Waals surface area contributed by atoms with Crippen molar-refractivity contribution in [2.75, 3.05) is 13.1 Å². The van der Waals surface area contributed by atoms with Crippen LogP contribution in [-0.2, 0) is 14.3 Å². The molecule has 1 heterocycles. The van der Waals surface area contributed by atoms with Gasteiger partial charge in [0.2, 0.25) is 0 Å². The lowest BCUT2D eigenvalue weighted by atomic mass is 9.97. The van der Waals surface area contributed by atoms with E-state index in [0.717, 1.165) is 12.8 Å². The molecule has 0 aromatic heterocycles. The van der Waals surface area contributed by atoms with E-state index in [4.69, 9.17) is 15.2 Å². The molecule has 2 rings (SSSR count). The largest absolute Gasteiger partial charge is 0.436 e. The third-order valence-electron chi connectivity index (χ3n) is 4.78. The molecule has 0 bridgehead atoms. The fourth-order valence-electron chi connectivity index (χ4n) is 3.46. The topological polar surface area (TPSA) is 81.9 Å². The lowest BCUT2D eigenvalue weighted by Gasteiger charge is -2.36. The maximum absolute atomic E-state index is 12.5. The van der Waals surface area contributed by atoms with Crippen LogP contribution in [0.15, 0.2) is 0 Å². The smallest absolute Gasteiger partial charge is 0.405 e. The van der Waals surface area contributed by atoms with Gasteiger partial charge in [-0.05, 0) is 31.6 Å². The molecule has 2 amide bonds. The van der Waals surface area contributed by atoms with Crippen LogP contribution in [-0.4, -0.2) is 48.3 Å². The van der Waals surface area contributed by atoms with E-state index in [1.165, 1.54) is 32.1 Å². The van der Waals surface area contributed by atoms with Crippen LogP contribution in [0.2, 0.25) is 0 Å². The van der Waals surface area contributed by atoms with Gasteiger partial charge in [0.15, 0.2) is 6.10 Å². The van der Waals surface area contributed by atoms with Crippen LogP contribution in [0.5, 0.6) is 0 Å². The summed E-state index contributed by atoms with van der Waals surface area (Å²) in [4.78, 5) is 25.3. The summed E-state index contributed by atoms with van der Waals surface area (Å²) in [7, 11) is 0. The highest BCUT2D eigenvalue weighted by Crippen LogP contribution is 2.25. The molecular weight excluding hydrogens is 296 g/mol. The maximum Gasteiger partial charge on any atom is 0.405 e. The monoisotopic (exact) mass is 326 g/mol. The second kappa shape index (κ2) is 8.52. The number of nitrogens with zero attached hydrogens (tertiary/aromatic N) is 1. The Morgan fingerprint density at radius 1 is 1.00 bits per heavy atom. The Bertz CT molecular complexity index is 399. The Morgan fingerprint density at radius 2 is 1.57 bits per heavy atom. The molecule has 0 radical (unpaired) electrons. The van der Waals surface area contributed by atoms with Crippen molar-refractivity contribution in [3.05, 3.63) is 0 Å². The molecule has 0 unspecified atom stereocenters. The molecule has 6 nitrogen and oxygen atoms in total. The van der Waals surface area contributed by atoms with E-state index >= 15 is 0 Å². The van der Waals surface area contributed by atoms with Gasteiger partial charge < -0.3 is 20.1 Å². The predicted octanol–water partition coefficient (Wildman–Crippen LogP) is 2.45. The van der Waals surface area contributed by atoms with Crippen molar-refractivity contribution in [3.63, 3.8) is 0 Å². The van der Waals surface area contributed by atoms with Crippen LogP contribution >= 0.6 is 0 Å². The summed E-state index contributed by atoms with van der Waals surface area (Å²) in [5.74, 6) is -0.235. The molecule has 2 fully saturated rings. The molecule has 23 heavy (non-hydrogen) atoms. The SMILES string of the molecule is CC(C)[C@H](OC(N)=O)C(=O)N1CCC(OC2CCCCC2)CC1. The molecule has 6 heteroatoms. The van der Waals surface area contributed by atoms with Gasteiger partial charge in [-0.25, -0.2) is 4.79 Å². The van der Waals surface area contributed by atoms with E-state index in [9.17, 15) is 9.59 Å². The Hall–Kier alpha value is -1.30. The number of likely N-dealkylation sites (tertiary alicyclic amines) is 1. The Kier molecular flexibility index (Phi) is 6.69. The van der Waals surface area contributed by atoms with E-state index in [1.807, 2.05) is 13.8 Å². The number of carbonyl (C=O) groups excluding carboxylic acids is 2. The zero-order valence-corrected chi connectivity index (χ0v) is 14.3. The van der Waals surface area contributed by atoms with Crippen molar-refractivity contribution in [2.24, 2.45) is 11.7 Å². The summed E-state index contributed by atoms with van der Waals surface area (Å²) >= 11 is 0. The van der Waals surface area contributed by atoms with Crippen LogP contribution in [0.25, 0.3) is 0 Å². The third-order valence-corrected chi connectivity index (χ3v) is 4.78. The normalized spacial score (nSPS) is 22.1. The van der Waals surface area contributed by atoms with Gasteiger partial charge in [-0.15, -0.1) is 0 Å². The van der Waals surface area contributed by atoms with E-state index in [2.05, 4.69) is 0 Å². The molecule has 1 aliphatic heterocycles. The second-order valence-corrected chi connectivity index (χ2v) is 7.02. The first-order valence-electron chi connectivity index (χ1n) is 8.87. The number of nitrogens with two attached hydrogens (primary N) is 1. The van der Waals surface area contributed by atoms with Gasteiger partial charge in [-0.3, -0.25) is 4.79 Å². The van der Waals surface area contributed by atoms with Crippen molar-refractivity contribution in [1.82, 2.24) is 4.90 Å². The van der Waals surface area contributed by atoms with Crippen molar-refractivity contribution >= 4 is 12.0 Å². The molecule has 0 spiro atoms. The molecule has 2 N–H and O–H groups in total. The molecular formula is C17H30N2O4. The number of primary amides is 1. The molecule has 2 aliphatic rings. The van der Waals surface area contributed by atoms with Crippen LogP contribution in [0, 0.1) is 5.92 Å². The quantitative estimate of drug-likeness (QED) is 0.841. The van der Waals surface area contributed by atoms with Gasteiger partial charge in [-0.1, -0.05) is 33.1 Å². The standard InChI is InChI=1S/C17H30N2O4/c1-12(2)15(23-17(18)21)16(20)19-10-8-14(9-11-19)22-13-6-4-3-5-7-13/h12-15H,3-11H2,1-2H3,(H2,18,21)/t15-/m0/s1. The second-order valence-electron chi connectivity index (χ2n) is 7.02. The van der Waals surface area contributed by atoms with Crippen molar-refractivity contribution < 1.29 is 19.1 Å². The minimum absolute atomic E-state index is 0.0915. The minimum Gasteiger partial charge on any atom is -0.436 e. The Morgan fingerprint density at radius 3 is 2.09 bits per heavy atom. The van der Waals surface area contributed by atoms with Gasteiger partial charge in [0.05, 0.1) is 12.2 Å². The zero-order chi connectivity index (χ0) is 16.8. The maximum atomic E-state index is 12.5. The van der Waals surface area contributed by atoms with Crippen LogP contribution < -0.4 is 5.73 Å². The molecule has 0 aromatic carbocycles. The lowest BCUT2D eigenvalue weighted by molar-refractivity contribution is -0.146. The van der Waals surface area contributed by atoms with E-state index in [-0.39, 0.29) is 17.9 Å². The summed E-state index contributed by atoms with van der Waals surface area (Å²) in [5, 5.41) is 0. The molecule has 1 atom stereocenters. The molecule has 1 aliphatic carbocycles. The number of ether oxygens (including phenoxy) is 2. The minimum atomic E-state index is -0.896. The molecule has 1 saturated carbocycles. The van der Waals surface area contributed by atoms with Crippen molar-refractivity contribution in [1.29, 1.82) is 0 Å². The number of piperidine rings is 1. The van der Waals surface area contributed by atoms with Gasteiger partial charge in [0.1, 0.15) is 0 Å². The highest BCUT2D eigenvalue weighted by Gasteiger charge is 2.33. The van der Waals surface area contributed by atoms with Crippen LogP contribution in [0.1, 0.15) is 58.8 Å². The summed E-state index contributed by atoms with van der Waals surface area (Å²) in [5.41, 5.74) is 5.07. The average Bonchev–Trinajstić information content (AvgIpc) is 2.53. The van der Waals surface area contributed by atoms with Gasteiger partial charge in [0, 0.05) is 13.1 Å². The number of rotatable bonds is 5. The predicted molar refractivity (Wildman–Crippen MR) is 86.9 cm³/mol. The Labute approximate surface area is 138 Å². The number of carbonyl (C=O) groups is 2. The molecule has 132 valence electrons. The first-order chi connectivity index (χ1) is 11.0. The van der Waals surface area contributed by atoms with Crippen LogP contribution in [0.3, 0.4) is 0 Å². The highest BCUT2D eigenvalue weighted by atomic mass is 16.6. The number of hydrogen-bond donors (Lipinski definition) is 1. The summed E-state index contributed by atoms with van der Waals surface area (Å²) in [6, 6.07) is 0. The third kappa shape index (κ3) is 5.37. The first-order valence-corrected chi connectivity index (χ1v) is 8.87. The highest BCUT2D eigenvalue weighted by molar-refractivity contribution is 5.83. The van der Waals surface area contributed by atoms with Crippen molar-refractivity contribution in [2.45, 2.75) is 77.1 Å². The Balaban J connectivity index is 1.80. The lowest BCUT2D eigenvalue weighted by Crippen LogP contribution is -2.49. The summed E-state index contributed by atoms with van der Waals surface area (Å²) < 4.78 is 11.2. The van der Waals surface area contributed by atoms with Gasteiger partial charge in [-0.2, -0.15) is 0 Å². The molecule has 1 saturated heterocycles. The van der Waals surface area contributed by atoms with Crippen LogP contribution in [0.4, 0.5) is 4.79 Å². The first kappa shape index (κ1) is 18.0. The fraction of sp³-hybridized carbons (Fsp3) is 0.882. The molecule has 0 aromatic rings.